The van der Waals surface area contributed by atoms with Crippen LogP contribution in [0.2, 0.25) is 5.02 Å². The van der Waals surface area contributed by atoms with Crippen LogP contribution in [-0.4, -0.2) is 20.0 Å². The molecule has 0 aliphatic carbocycles. The molecule has 0 saturated carbocycles. The van der Waals surface area contributed by atoms with Crippen molar-refractivity contribution in [2.75, 3.05) is 6.54 Å². The number of benzene rings is 1. The summed E-state index contributed by atoms with van der Waals surface area (Å²) in [4.78, 5) is 0.218. The highest BCUT2D eigenvalue weighted by Gasteiger charge is 2.12. The minimum absolute atomic E-state index is 0.0553. The molecule has 82 valence electrons. The summed E-state index contributed by atoms with van der Waals surface area (Å²) in [6.07, 6.45) is 0. The molecule has 0 unspecified atom stereocenters. The number of hydrogen-bond donors (Lipinski definition) is 2. The van der Waals surface area contributed by atoms with E-state index in [0.29, 0.717) is 5.02 Å². The first kappa shape index (κ1) is 12.4. The first-order chi connectivity index (χ1) is 6.92. The van der Waals surface area contributed by atoms with Gasteiger partial charge in [-0.05, 0) is 24.3 Å². The lowest BCUT2D eigenvalue weighted by molar-refractivity contribution is 0.586. The first-order valence-electron chi connectivity index (χ1n) is 3.95. The summed E-state index contributed by atoms with van der Waals surface area (Å²) in [5, 5.41) is 0.475. The number of hydrogen-bond acceptors (Lipinski definition) is 3. The fourth-order valence-electron chi connectivity index (χ4n) is 0.863. The first-order valence-corrected chi connectivity index (χ1v) is 6.22. The molecule has 0 fully saturated rings. The van der Waals surface area contributed by atoms with Crippen molar-refractivity contribution in [3.63, 3.8) is 0 Å². The van der Waals surface area contributed by atoms with Crippen LogP contribution in [0.1, 0.15) is 0 Å². The summed E-state index contributed by atoms with van der Waals surface area (Å²) in [6.45, 7) is -0.0553. The van der Waals surface area contributed by atoms with Crippen LogP contribution < -0.4 is 10.5 Å². The summed E-state index contributed by atoms with van der Waals surface area (Å²) >= 11 is 10.2. The molecule has 0 atom stereocenters. The Kier molecular flexibility index (Phi) is 4.04. The number of halogens is 1. The van der Waals surface area contributed by atoms with E-state index in [1.165, 1.54) is 24.3 Å². The smallest absolute Gasteiger partial charge is 0.240 e. The molecule has 3 N–H and O–H groups in total. The highest BCUT2D eigenvalue weighted by Crippen LogP contribution is 2.13. The van der Waals surface area contributed by atoms with Crippen LogP contribution in [0.25, 0.3) is 0 Å². The maximum Gasteiger partial charge on any atom is 0.240 e. The second-order valence-corrected chi connectivity index (χ2v) is 5.47. The molecule has 0 bridgehead atoms. The summed E-state index contributed by atoms with van der Waals surface area (Å²) < 4.78 is 25.4. The van der Waals surface area contributed by atoms with Crippen molar-refractivity contribution in [2.45, 2.75) is 4.90 Å². The average molecular weight is 265 g/mol. The van der Waals surface area contributed by atoms with Crippen molar-refractivity contribution in [3.8, 4) is 0 Å². The molecule has 0 aliphatic heterocycles. The fraction of sp³-hybridized carbons (Fsp3) is 0.125. The molecule has 1 rings (SSSR count). The van der Waals surface area contributed by atoms with Crippen molar-refractivity contribution >= 4 is 38.8 Å². The lowest BCUT2D eigenvalue weighted by Gasteiger charge is -2.05. The van der Waals surface area contributed by atoms with E-state index < -0.39 is 10.0 Å². The SMILES string of the molecule is NC(=S)CNS(=O)(=O)c1ccc(Cl)cc1. The third kappa shape index (κ3) is 3.75. The molecule has 15 heavy (non-hydrogen) atoms. The molecule has 1 aromatic carbocycles. The number of rotatable bonds is 4. The second-order valence-electron chi connectivity index (χ2n) is 2.74. The predicted octanol–water partition coefficient (Wildman–Crippen LogP) is 0.904. The van der Waals surface area contributed by atoms with Gasteiger partial charge in [0.15, 0.2) is 0 Å². The number of sulfonamides is 1. The van der Waals surface area contributed by atoms with Crippen LogP contribution in [0.3, 0.4) is 0 Å². The molecule has 4 nitrogen and oxygen atoms in total. The van der Waals surface area contributed by atoms with Gasteiger partial charge < -0.3 is 5.73 Å². The summed E-state index contributed by atoms with van der Waals surface area (Å²) in [5.74, 6) is 0. The van der Waals surface area contributed by atoms with E-state index in [9.17, 15) is 8.42 Å². The highest BCUT2D eigenvalue weighted by atomic mass is 35.5. The molecule has 0 heterocycles. The fourth-order valence-corrected chi connectivity index (χ4v) is 2.16. The van der Waals surface area contributed by atoms with Crippen LogP contribution in [0, 0.1) is 0 Å². The zero-order valence-corrected chi connectivity index (χ0v) is 9.99. The van der Waals surface area contributed by atoms with Gasteiger partial charge in [-0.2, -0.15) is 0 Å². The lowest BCUT2D eigenvalue weighted by atomic mass is 10.4. The number of nitrogens with two attached hydrogens (primary N) is 1. The van der Waals surface area contributed by atoms with E-state index in [1.807, 2.05) is 0 Å². The maximum atomic E-state index is 11.6. The average Bonchev–Trinajstić information content (AvgIpc) is 2.16. The Morgan fingerprint density at radius 3 is 2.40 bits per heavy atom. The molecule has 1 aromatic rings. The highest BCUT2D eigenvalue weighted by molar-refractivity contribution is 7.89. The zero-order chi connectivity index (χ0) is 11.5. The van der Waals surface area contributed by atoms with Crippen molar-refractivity contribution in [3.05, 3.63) is 29.3 Å². The van der Waals surface area contributed by atoms with Gasteiger partial charge in [0.25, 0.3) is 0 Å². The van der Waals surface area contributed by atoms with E-state index in [2.05, 4.69) is 16.9 Å². The standard InChI is InChI=1S/C8H9ClN2O2S2/c9-6-1-3-7(4-2-6)15(12,13)11-5-8(10)14/h1-4,11H,5H2,(H2,10,14). The molecule has 0 aliphatic rings. The van der Waals surface area contributed by atoms with Gasteiger partial charge in [-0.15, -0.1) is 0 Å². The quantitative estimate of drug-likeness (QED) is 0.793. The van der Waals surface area contributed by atoms with Gasteiger partial charge in [-0.1, -0.05) is 23.8 Å². The monoisotopic (exact) mass is 264 g/mol. The molecule has 0 aromatic heterocycles. The van der Waals surface area contributed by atoms with E-state index in [1.54, 1.807) is 0 Å². The van der Waals surface area contributed by atoms with Gasteiger partial charge in [0.05, 0.1) is 16.4 Å². The van der Waals surface area contributed by atoms with Gasteiger partial charge >= 0.3 is 0 Å². The Morgan fingerprint density at radius 2 is 1.93 bits per heavy atom. The Morgan fingerprint density at radius 1 is 1.40 bits per heavy atom. The summed E-state index contributed by atoms with van der Waals surface area (Å²) in [6, 6.07) is 5.81. The van der Waals surface area contributed by atoms with E-state index in [-0.39, 0.29) is 16.4 Å². The molecule has 0 spiro atoms. The Bertz CT molecular complexity index is 456. The van der Waals surface area contributed by atoms with Crippen molar-refractivity contribution in [2.24, 2.45) is 5.73 Å². The molecular weight excluding hydrogens is 256 g/mol. The van der Waals surface area contributed by atoms with Gasteiger partial charge in [-0.25, -0.2) is 13.1 Å². The summed E-state index contributed by atoms with van der Waals surface area (Å²) in [5.41, 5.74) is 5.19. The molecule has 0 saturated heterocycles. The van der Waals surface area contributed by atoms with E-state index in [4.69, 9.17) is 17.3 Å². The minimum atomic E-state index is -3.55. The van der Waals surface area contributed by atoms with Crippen LogP contribution in [0.5, 0.6) is 0 Å². The molecule has 0 amide bonds. The largest absolute Gasteiger partial charge is 0.392 e. The maximum absolute atomic E-state index is 11.6. The van der Waals surface area contributed by atoms with Crippen LogP contribution in [-0.2, 0) is 10.0 Å². The van der Waals surface area contributed by atoms with Gasteiger partial charge in [0.2, 0.25) is 10.0 Å². The van der Waals surface area contributed by atoms with Gasteiger partial charge in [-0.3, -0.25) is 0 Å². The van der Waals surface area contributed by atoms with Gasteiger partial charge in [0, 0.05) is 5.02 Å². The Balaban J connectivity index is 2.87. The van der Waals surface area contributed by atoms with Crippen molar-refractivity contribution in [1.29, 1.82) is 0 Å². The van der Waals surface area contributed by atoms with Crippen molar-refractivity contribution < 1.29 is 8.42 Å². The lowest BCUT2D eigenvalue weighted by Crippen LogP contribution is -2.32. The minimum Gasteiger partial charge on any atom is -0.392 e. The number of nitrogens with one attached hydrogen (secondary N) is 1. The third-order valence-corrected chi connectivity index (χ3v) is 3.37. The molecular formula is C8H9ClN2O2S2. The van der Waals surface area contributed by atoms with Crippen molar-refractivity contribution in [1.82, 2.24) is 4.72 Å². The normalized spacial score (nSPS) is 11.3. The zero-order valence-electron chi connectivity index (χ0n) is 7.60. The van der Waals surface area contributed by atoms with Crippen LogP contribution in [0.4, 0.5) is 0 Å². The third-order valence-electron chi connectivity index (χ3n) is 1.56. The Hall–Kier alpha value is -0.690. The molecule has 7 heteroatoms. The van der Waals surface area contributed by atoms with E-state index >= 15 is 0 Å². The summed E-state index contributed by atoms with van der Waals surface area (Å²) in [7, 11) is -3.55. The second kappa shape index (κ2) is 4.89. The Labute approximate surface area is 98.5 Å². The molecule has 0 radical (unpaired) electrons. The predicted molar refractivity (Wildman–Crippen MR) is 63.4 cm³/mol. The van der Waals surface area contributed by atoms with Crippen LogP contribution >= 0.6 is 23.8 Å². The van der Waals surface area contributed by atoms with Crippen LogP contribution in [0.15, 0.2) is 29.2 Å². The topological polar surface area (TPSA) is 72.2 Å². The van der Waals surface area contributed by atoms with E-state index in [0.717, 1.165) is 0 Å². The number of thiocarbonyl (C=S) groups is 1. The van der Waals surface area contributed by atoms with Gasteiger partial charge in [0.1, 0.15) is 0 Å².